The van der Waals surface area contributed by atoms with E-state index in [1.807, 2.05) is 18.2 Å². The van der Waals surface area contributed by atoms with Crippen LogP contribution in [-0.4, -0.2) is 41.5 Å². The van der Waals surface area contributed by atoms with Crippen LogP contribution in [-0.2, 0) is 17.6 Å². The zero-order valence-corrected chi connectivity index (χ0v) is 16.3. The molecule has 2 rings (SSSR count). The molecule has 2 unspecified atom stereocenters. The fourth-order valence-corrected chi connectivity index (χ4v) is 2.60. The highest BCUT2D eigenvalue weighted by Crippen LogP contribution is 2.13. The summed E-state index contributed by atoms with van der Waals surface area (Å²) in [6, 6.07) is 17.5. The summed E-state index contributed by atoms with van der Waals surface area (Å²) in [6.45, 7) is 2.77. The number of nitrogens with one attached hydrogen (secondary N) is 1. The standard InChI is InChI=1S/C21H27NO4.ClH/c1-16(7-8-17-5-3-2-4-6-17)22-14-19(23)15-26-20-11-9-18(10-12-20)13-21(24)25;/h2-6,9-12,16,19,22-23H,7-8,13-15H2,1H3,(H,24,25);1H. The second-order valence-corrected chi connectivity index (χ2v) is 6.51. The summed E-state index contributed by atoms with van der Waals surface area (Å²) in [5.74, 6) is -0.239. The number of benzene rings is 2. The first-order valence-electron chi connectivity index (χ1n) is 8.92. The fraction of sp³-hybridized carbons (Fsp3) is 0.381. The number of carbonyl (C=O) groups is 1. The van der Waals surface area contributed by atoms with Gasteiger partial charge < -0.3 is 20.3 Å². The molecule has 0 aromatic heterocycles. The summed E-state index contributed by atoms with van der Waals surface area (Å²) in [4.78, 5) is 10.7. The van der Waals surface area contributed by atoms with Crippen LogP contribution in [0.25, 0.3) is 0 Å². The van der Waals surface area contributed by atoms with Gasteiger partial charge in [0.15, 0.2) is 0 Å². The van der Waals surface area contributed by atoms with Crippen LogP contribution in [0, 0.1) is 0 Å². The average molecular weight is 394 g/mol. The van der Waals surface area contributed by atoms with Crippen molar-refractivity contribution in [2.75, 3.05) is 13.2 Å². The van der Waals surface area contributed by atoms with Crippen LogP contribution >= 0.6 is 12.4 Å². The van der Waals surface area contributed by atoms with Gasteiger partial charge in [0.1, 0.15) is 18.5 Å². The van der Waals surface area contributed by atoms with E-state index < -0.39 is 12.1 Å². The molecule has 27 heavy (non-hydrogen) atoms. The number of halogens is 1. The molecule has 0 saturated heterocycles. The first-order valence-corrected chi connectivity index (χ1v) is 8.92. The van der Waals surface area contributed by atoms with E-state index in [-0.39, 0.29) is 25.4 Å². The highest BCUT2D eigenvalue weighted by Gasteiger charge is 2.09. The van der Waals surface area contributed by atoms with E-state index in [1.54, 1.807) is 24.3 Å². The van der Waals surface area contributed by atoms with Crippen LogP contribution in [0.5, 0.6) is 5.75 Å². The molecule has 0 aliphatic heterocycles. The minimum atomic E-state index is -0.860. The van der Waals surface area contributed by atoms with Crippen molar-refractivity contribution in [3.63, 3.8) is 0 Å². The summed E-state index contributed by atoms with van der Waals surface area (Å²) in [5, 5.41) is 22.1. The van der Waals surface area contributed by atoms with E-state index >= 15 is 0 Å². The maximum Gasteiger partial charge on any atom is 0.307 e. The first-order chi connectivity index (χ1) is 12.5. The molecule has 0 amide bonds. The normalized spacial score (nSPS) is 12.7. The van der Waals surface area contributed by atoms with Crippen molar-refractivity contribution in [1.82, 2.24) is 5.32 Å². The predicted molar refractivity (Wildman–Crippen MR) is 109 cm³/mol. The van der Waals surface area contributed by atoms with Gasteiger partial charge in [-0.1, -0.05) is 42.5 Å². The van der Waals surface area contributed by atoms with E-state index in [2.05, 4.69) is 24.4 Å². The lowest BCUT2D eigenvalue weighted by Gasteiger charge is -2.17. The molecule has 0 bridgehead atoms. The second kappa shape index (κ2) is 12.3. The Labute approximate surface area is 166 Å². The molecule has 2 aromatic carbocycles. The maximum absolute atomic E-state index is 10.7. The molecule has 0 aliphatic rings. The van der Waals surface area contributed by atoms with Crippen molar-refractivity contribution >= 4 is 18.4 Å². The molecule has 0 radical (unpaired) electrons. The molecule has 6 heteroatoms. The number of hydrogen-bond acceptors (Lipinski definition) is 4. The van der Waals surface area contributed by atoms with E-state index in [4.69, 9.17) is 9.84 Å². The van der Waals surface area contributed by atoms with E-state index in [0.717, 1.165) is 18.4 Å². The van der Waals surface area contributed by atoms with Crippen LogP contribution in [0.4, 0.5) is 0 Å². The highest BCUT2D eigenvalue weighted by atomic mass is 35.5. The summed E-state index contributed by atoms with van der Waals surface area (Å²) in [7, 11) is 0. The summed E-state index contributed by atoms with van der Waals surface area (Å²) < 4.78 is 5.55. The number of carboxylic acids is 1. The van der Waals surface area contributed by atoms with Crippen LogP contribution in [0.15, 0.2) is 54.6 Å². The van der Waals surface area contributed by atoms with Gasteiger partial charge in [-0.25, -0.2) is 0 Å². The molecular weight excluding hydrogens is 366 g/mol. The average Bonchev–Trinajstić information content (AvgIpc) is 2.64. The van der Waals surface area contributed by atoms with Crippen molar-refractivity contribution < 1.29 is 19.7 Å². The van der Waals surface area contributed by atoms with Crippen molar-refractivity contribution in [3.05, 3.63) is 65.7 Å². The molecule has 148 valence electrons. The number of rotatable bonds is 11. The molecule has 3 N–H and O–H groups in total. The van der Waals surface area contributed by atoms with E-state index in [9.17, 15) is 9.90 Å². The summed E-state index contributed by atoms with van der Waals surface area (Å²) >= 11 is 0. The van der Waals surface area contributed by atoms with Crippen molar-refractivity contribution in [1.29, 1.82) is 0 Å². The lowest BCUT2D eigenvalue weighted by Crippen LogP contribution is -2.36. The van der Waals surface area contributed by atoms with Gasteiger partial charge in [-0.05, 0) is 43.0 Å². The molecule has 2 aromatic rings. The quantitative estimate of drug-likeness (QED) is 0.546. The molecule has 0 fully saturated rings. The number of aliphatic hydroxyl groups is 1. The maximum atomic E-state index is 10.7. The largest absolute Gasteiger partial charge is 0.491 e. The van der Waals surface area contributed by atoms with Crippen LogP contribution in [0.1, 0.15) is 24.5 Å². The Bertz CT molecular complexity index is 664. The van der Waals surface area contributed by atoms with Crippen LogP contribution in [0.3, 0.4) is 0 Å². The van der Waals surface area contributed by atoms with Gasteiger partial charge in [0.2, 0.25) is 0 Å². The second-order valence-electron chi connectivity index (χ2n) is 6.51. The molecule has 0 aliphatic carbocycles. The Kier molecular flexibility index (Phi) is 10.5. The van der Waals surface area contributed by atoms with Crippen LogP contribution < -0.4 is 10.1 Å². The smallest absolute Gasteiger partial charge is 0.307 e. The first kappa shape index (κ1) is 23.0. The SMILES string of the molecule is CC(CCc1ccccc1)NCC(O)COc1ccc(CC(=O)O)cc1.Cl. The number of hydrogen-bond donors (Lipinski definition) is 3. The monoisotopic (exact) mass is 393 g/mol. The van der Waals surface area contributed by atoms with Crippen molar-refractivity contribution in [2.45, 2.75) is 38.3 Å². The van der Waals surface area contributed by atoms with Gasteiger partial charge in [-0.15, -0.1) is 12.4 Å². The third kappa shape index (κ3) is 9.43. The zero-order valence-electron chi connectivity index (χ0n) is 15.5. The van der Waals surface area contributed by atoms with Gasteiger partial charge >= 0.3 is 5.97 Å². The highest BCUT2D eigenvalue weighted by molar-refractivity contribution is 5.85. The Hall–Kier alpha value is -2.08. The zero-order chi connectivity index (χ0) is 18.8. The minimum Gasteiger partial charge on any atom is -0.491 e. The third-order valence-electron chi connectivity index (χ3n) is 4.13. The molecule has 0 spiro atoms. The molecule has 5 nitrogen and oxygen atoms in total. The Morgan fingerprint density at radius 1 is 1.07 bits per heavy atom. The van der Waals surface area contributed by atoms with E-state index in [0.29, 0.717) is 18.3 Å². The molecule has 0 saturated carbocycles. The third-order valence-corrected chi connectivity index (χ3v) is 4.13. The van der Waals surface area contributed by atoms with Crippen LogP contribution in [0.2, 0.25) is 0 Å². The van der Waals surface area contributed by atoms with Gasteiger partial charge in [-0.3, -0.25) is 4.79 Å². The number of carboxylic acid groups (broad SMARTS) is 1. The topological polar surface area (TPSA) is 78.8 Å². The van der Waals surface area contributed by atoms with Crippen molar-refractivity contribution in [3.8, 4) is 5.75 Å². The molecule has 0 heterocycles. The predicted octanol–water partition coefficient (Wildman–Crippen LogP) is 3.09. The number of aryl methyl sites for hydroxylation is 1. The van der Waals surface area contributed by atoms with Gasteiger partial charge in [0.25, 0.3) is 0 Å². The van der Waals surface area contributed by atoms with E-state index in [1.165, 1.54) is 5.56 Å². The van der Waals surface area contributed by atoms with Gasteiger partial charge in [0.05, 0.1) is 6.42 Å². The summed E-state index contributed by atoms with van der Waals surface area (Å²) in [5.41, 5.74) is 2.04. The van der Waals surface area contributed by atoms with Gasteiger partial charge in [0, 0.05) is 12.6 Å². The molecule has 2 atom stereocenters. The van der Waals surface area contributed by atoms with Gasteiger partial charge in [-0.2, -0.15) is 0 Å². The Morgan fingerprint density at radius 3 is 2.37 bits per heavy atom. The summed E-state index contributed by atoms with van der Waals surface area (Å²) in [6.07, 6.45) is 1.40. The number of ether oxygens (including phenoxy) is 1. The lowest BCUT2D eigenvalue weighted by molar-refractivity contribution is -0.136. The minimum absolute atomic E-state index is 0. The Balaban J connectivity index is 0.00000364. The fourth-order valence-electron chi connectivity index (χ4n) is 2.60. The number of aliphatic hydroxyl groups excluding tert-OH is 1. The number of aliphatic carboxylic acids is 1. The molecular formula is C21H28ClNO4. The lowest BCUT2D eigenvalue weighted by atomic mass is 10.1. The Morgan fingerprint density at radius 2 is 1.74 bits per heavy atom. The van der Waals surface area contributed by atoms with Crippen molar-refractivity contribution in [2.24, 2.45) is 0 Å².